The van der Waals surface area contributed by atoms with E-state index in [0.29, 0.717) is 18.4 Å². The summed E-state index contributed by atoms with van der Waals surface area (Å²) in [5, 5.41) is 0. The summed E-state index contributed by atoms with van der Waals surface area (Å²) >= 11 is 0. The van der Waals surface area contributed by atoms with Crippen LogP contribution in [0, 0.1) is 5.82 Å². The second-order valence-electron chi connectivity index (χ2n) is 5.58. The third kappa shape index (κ3) is 2.45. The molecule has 0 saturated heterocycles. The molecule has 0 amide bonds. The lowest BCUT2D eigenvalue weighted by Gasteiger charge is -2.29. The predicted molar refractivity (Wildman–Crippen MR) is 68.8 cm³/mol. The van der Waals surface area contributed by atoms with Gasteiger partial charge in [0.05, 0.1) is 5.54 Å². The van der Waals surface area contributed by atoms with E-state index in [2.05, 4.69) is 4.99 Å². The van der Waals surface area contributed by atoms with Gasteiger partial charge in [-0.2, -0.15) is 4.99 Å². The van der Waals surface area contributed by atoms with Crippen LogP contribution in [0.4, 0.5) is 8.78 Å². The maximum absolute atomic E-state index is 14.3. The molecule has 0 atom stereocenters. The van der Waals surface area contributed by atoms with Crippen molar-refractivity contribution in [1.82, 2.24) is 0 Å². The van der Waals surface area contributed by atoms with Gasteiger partial charge in [-0.3, -0.25) is 0 Å². The van der Waals surface area contributed by atoms with Crippen LogP contribution in [0.15, 0.2) is 23.2 Å². The van der Waals surface area contributed by atoms with E-state index in [9.17, 15) is 13.6 Å². The number of halogens is 2. The highest BCUT2D eigenvalue weighted by Gasteiger charge is 2.41. The molecule has 1 saturated carbocycles. The lowest BCUT2D eigenvalue weighted by atomic mass is 9.81. The molecule has 0 bridgehead atoms. The number of hydrogen-bond donors (Lipinski definition) is 0. The largest absolute Gasteiger partial charge is 0.239 e. The van der Waals surface area contributed by atoms with E-state index in [0.717, 1.165) is 12.8 Å². The van der Waals surface area contributed by atoms with E-state index in [1.165, 1.54) is 19.9 Å². The Kier molecular flexibility index (Phi) is 3.55. The molecule has 2 rings (SSSR count). The van der Waals surface area contributed by atoms with Gasteiger partial charge in [0.2, 0.25) is 6.08 Å². The average Bonchev–Trinajstić information content (AvgIpc) is 2.77. The van der Waals surface area contributed by atoms with Crippen molar-refractivity contribution in [2.24, 2.45) is 4.99 Å². The Balaban J connectivity index is 2.68. The van der Waals surface area contributed by atoms with Crippen LogP contribution in [-0.2, 0) is 16.0 Å². The van der Waals surface area contributed by atoms with Crippen LogP contribution in [-0.4, -0.2) is 6.08 Å². The van der Waals surface area contributed by atoms with Crippen molar-refractivity contribution in [2.75, 3.05) is 0 Å². The van der Waals surface area contributed by atoms with Crippen LogP contribution in [0.25, 0.3) is 0 Å². The first-order valence-corrected chi connectivity index (χ1v) is 6.48. The number of rotatable bonds is 3. The van der Waals surface area contributed by atoms with E-state index in [-0.39, 0.29) is 5.56 Å². The van der Waals surface area contributed by atoms with Crippen LogP contribution in [0.3, 0.4) is 0 Å². The van der Waals surface area contributed by atoms with E-state index in [1.807, 2.05) is 0 Å². The number of benzene rings is 1. The number of hydrogen-bond acceptors (Lipinski definition) is 2. The topological polar surface area (TPSA) is 29.4 Å². The molecule has 0 aromatic heterocycles. The number of nitrogens with zero attached hydrogens (tertiary/aromatic N) is 1. The molecular formula is C15H17F2NO. The highest BCUT2D eigenvalue weighted by Crippen LogP contribution is 2.46. The highest BCUT2D eigenvalue weighted by atomic mass is 19.1. The first-order valence-electron chi connectivity index (χ1n) is 6.48. The van der Waals surface area contributed by atoms with Gasteiger partial charge in [0, 0.05) is 5.56 Å². The van der Waals surface area contributed by atoms with Crippen LogP contribution in [0.2, 0.25) is 0 Å². The Morgan fingerprint density at radius 3 is 2.47 bits per heavy atom. The number of aliphatic imine (C=N–C) groups is 1. The van der Waals surface area contributed by atoms with Crippen molar-refractivity contribution in [1.29, 1.82) is 0 Å². The fourth-order valence-electron chi connectivity index (χ4n) is 3.00. The number of alkyl halides is 1. The van der Waals surface area contributed by atoms with E-state index < -0.39 is 17.0 Å². The maximum atomic E-state index is 14.3. The van der Waals surface area contributed by atoms with E-state index in [1.54, 1.807) is 18.2 Å². The number of isocyanates is 1. The summed E-state index contributed by atoms with van der Waals surface area (Å²) in [6.07, 6.45) is 4.64. The predicted octanol–water partition coefficient (Wildman–Crippen LogP) is 4.14. The molecule has 1 aromatic carbocycles. The molecule has 0 radical (unpaired) electrons. The van der Waals surface area contributed by atoms with Crippen molar-refractivity contribution in [3.8, 4) is 0 Å². The lowest BCUT2D eigenvalue weighted by Crippen LogP contribution is -2.26. The summed E-state index contributed by atoms with van der Waals surface area (Å²) in [6.45, 7) is 2.64. The van der Waals surface area contributed by atoms with Crippen molar-refractivity contribution in [3.05, 3.63) is 35.1 Å². The fourth-order valence-corrected chi connectivity index (χ4v) is 3.00. The molecule has 0 aliphatic heterocycles. The lowest BCUT2D eigenvalue weighted by molar-refractivity contribution is 0.208. The van der Waals surface area contributed by atoms with Gasteiger partial charge in [-0.05, 0) is 38.3 Å². The smallest absolute Gasteiger partial charge is 0.235 e. The Bertz CT molecular complexity index is 521. The quantitative estimate of drug-likeness (QED) is 0.596. The van der Waals surface area contributed by atoms with Gasteiger partial charge >= 0.3 is 0 Å². The fraction of sp³-hybridized carbons (Fsp3) is 0.533. The summed E-state index contributed by atoms with van der Waals surface area (Å²) in [6, 6.07) is 4.46. The minimum absolute atomic E-state index is 0.0101. The standard InChI is InChI=1S/C15H17F2NO/c1-14(2,17)13-11(6-5-7-12(13)16)15(18-10-19)8-3-4-9-15/h5-7H,3-4,8-9H2,1-2H3. The molecule has 102 valence electrons. The Morgan fingerprint density at radius 2 is 1.95 bits per heavy atom. The zero-order chi connectivity index (χ0) is 14.1. The van der Waals surface area contributed by atoms with Crippen LogP contribution >= 0.6 is 0 Å². The first kappa shape index (κ1) is 13.9. The van der Waals surface area contributed by atoms with Gasteiger partial charge in [-0.1, -0.05) is 25.0 Å². The molecule has 4 heteroatoms. The zero-order valence-corrected chi connectivity index (χ0v) is 11.2. The molecule has 0 unspecified atom stereocenters. The van der Waals surface area contributed by atoms with Crippen LogP contribution in [0.1, 0.15) is 50.7 Å². The van der Waals surface area contributed by atoms with Gasteiger partial charge < -0.3 is 0 Å². The molecule has 1 aromatic rings. The second-order valence-corrected chi connectivity index (χ2v) is 5.58. The zero-order valence-electron chi connectivity index (χ0n) is 11.2. The Hall–Kier alpha value is -1.54. The SMILES string of the molecule is CC(C)(F)c1c(F)cccc1C1(N=C=O)CCCC1. The van der Waals surface area contributed by atoms with Crippen molar-refractivity contribution < 1.29 is 13.6 Å². The molecule has 19 heavy (non-hydrogen) atoms. The normalized spacial score (nSPS) is 18.1. The van der Waals surface area contributed by atoms with E-state index >= 15 is 0 Å². The van der Waals surface area contributed by atoms with Crippen LogP contribution in [0.5, 0.6) is 0 Å². The minimum atomic E-state index is -1.81. The van der Waals surface area contributed by atoms with Crippen molar-refractivity contribution in [2.45, 2.75) is 50.7 Å². The van der Waals surface area contributed by atoms with Crippen LogP contribution < -0.4 is 0 Å². The van der Waals surface area contributed by atoms with Gasteiger partial charge in [-0.25, -0.2) is 13.6 Å². The molecule has 0 N–H and O–H groups in total. The highest BCUT2D eigenvalue weighted by molar-refractivity contribution is 5.44. The van der Waals surface area contributed by atoms with Crippen molar-refractivity contribution >= 4 is 6.08 Å². The minimum Gasteiger partial charge on any atom is -0.239 e. The van der Waals surface area contributed by atoms with Crippen molar-refractivity contribution in [3.63, 3.8) is 0 Å². The summed E-state index contributed by atoms with van der Waals surface area (Å²) < 4.78 is 28.4. The molecule has 2 nitrogen and oxygen atoms in total. The molecule has 1 aliphatic rings. The maximum Gasteiger partial charge on any atom is 0.235 e. The summed E-state index contributed by atoms with van der Waals surface area (Å²) in [5.41, 5.74) is -2.12. The summed E-state index contributed by atoms with van der Waals surface area (Å²) in [7, 11) is 0. The van der Waals surface area contributed by atoms with Gasteiger partial charge in [0.15, 0.2) is 0 Å². The van der Waals surface area contributed by atoms with E-state index in [4.69, 9.17) is 0 Å². The molecule has 0 heterocycles. The molecule has 1 aliphatic carbocycles. The number of carbonyl (C=O) groups excluding carboxylic acids is 1. The molecule has 1 fully saturated rings. The molecule has 0 spiro atoms. The summed E-state index contributed by atoms with van der Waals surface area (Å²) in [4.78, 5) is 14.6. The Labute approximate surface area is 111 Å². The van der Waals surface area contributed by atoms with Gasteiger partial charge in [-0.15, -0.1) is 0 Å². The monoisotopic (exact) mass is 265 g/mol. The third-order valence-corrected chi connectivity index (χ3v) is 3.80. The van der Waals surface area contributed by atoms with Gasteiger partial charge in [0.25, 0.3) is 0 Å². The third-order valence-electron chi connectivity index (χ3n) is 3.80. The first-order chi connectivity index (χ1) is 8.91. The van der Waals surface area contributed by atoms with Gasteiger partial charge in [0.1, 0.15) is 11.5 Å². The molecular weight excluding hydrogens is 248 g/mol. The Morgan fingerprint density at radius 1 is 1.32 bits per heavy atom. The summed E-state index contributed by atoms with van der Waals surface area (Å²) in [5.74, 6) is -0.586. The second kappa shape index (κ2) is 4.86. The average molecular weight is 265 g/mol.